The molecule has 3 N–H and O–H groups in total. The van der Waals surface area contributed by atoms with Gasteiger partial charge in [0.2, 0.25) is 5.91 Å². The van der Waals surface area contributed by atoms with Crippen molar-refractivity contribution in [1.29, 1.82) is 0 Å². The predicted molar refractivity (Wildman–Crippen MR) is 296 cm³/mol. The number of carbonyl (C=O) groups is 2. The molecule has 0 radical (unpaired) electrons. The lowest BCUT2D eigenvalue weighted by Crippen LogP contribution is -2.46. The van der Waals surface area contributed by atoms with Crippen molar-refractivity contribution in [2.75, 3.05) is 6.61 Å². The summed E-state index contributed by atoms with van der Waals surface area (Å²) in [5.74, 6) is -0.521. The van der Waals surface area contributed by atoms with E-state index in [9.17, 15) is 19.8 Å². The maximum absolute atomic E-state index is 13.3. The number of hydrogen-bond acceptors (Lipinski definition) is 5. The Labute approximate surface area is 421 Å². The molecule has 3 atom stereocenters. The first-order chi connectivity index (χ1) is 33.5. The quantitative estimate of drug-likeness (QED) is 0.0244. The van der Waals surface area contributed by atoms with Crippen LogP contribution >= 0.6 is 0 Å². The van der Waals surface area contributed by atoms with E-state index >= 15 is 0 Å². The summed E-state index contributed by atoms with van der Waals surface area (Å²) >= 11 is 0. The fraction of sp³-hybridized carbons (Fsp3) is 0.742. The number of nitrogens with one attached hydrogen (secondary N) is 1. The minimum atomic E-state index is -0.804. The SMILES string of the molecule is CC/C=C/C=C/C=C/C=C\CCCCCCCC(=O)OC(CCCCCC/C=C\C/C=C\C/C=C\CCCCC)CC(=O)NC(CO)C(O)CCCCCCCCCCCCCCCCCCC. The molecule has 0 heterocycles. The van der Waals surface area contributed by atoms with Gasteiger partial charge in [0.15, 0.2) is 0 Å². The van der Waals surface area contributed by atoms with E-state index in [-0.39, 0.29) is 24.9 Å². The molecule has 392 valence electrons. The number of carbonyl (C=O) groups excluding carboxylic acids is 2. The van der Waals surface area contributed by atoms with Crippen molar-refractivity contribution in [2.24, 2.45) is 0 Å². The maximum Gasteiger partial charge on any atom is 0.306 e. The van der Waals surface area contributed by atoms with Crippen LogP contribution < -0.4 is 5.32 Å². The van der Waals surface area contributed by atoms with Crippen molar-refractivity contribution in [3.05, 3.63) is 85.1 Å². The first-order valence-corrected chi connectivity index (χ1v) is 28.9. The van der Waals surface area contributed by atoms with Gasteiger partial charge in [-0.25, -0.2) is 0 Å². The summed E-state index contributed by atoms with van der Waals surface area (Å²) in [6.45, 7) is 6.33. The summed E-state index contributed by atoms with van der Waals surface area (Å²) in [5.41, 5.74) is 0. The summed E-state index contributed by atoms with van der Waals surface area (Å²) in [4.78, 5) is 26.3. The Balaban J connectivity index is 4.63. The summed E-state index contributed by atoms with van der Waals surface area (Å²) < 4.78 is 5.94. The third-order valence-corrected chi connectivity index (χ3v) is 12.8. The van der Waals surface area contributed by atoms with Crippen molar-refractivity contribution >= 4 is 11.9 Å². The molecule has 0 aliphatic carbocycles. The molecule has 0 aliphatic heterocycles. The number of rotatable bonds is 51. The molecule has 0 aliphatic rings. The molecular formula is C62H109NO5. The van der Waals surface area contributed by atoms with Gasteiger partial charge in [-0.1, -0.05) is 260 Å². The second kappa shape index (κ2) is 55.0. The monoisotopic (exact) mass is 948 g/mol. The Morgan fingerprint density at radius 3 is 1.37 bits per heavy atom. The molecule has 3 unspecified atom stereocenters. The Kier molecular flexibility index (Phi) is 52.6. The minimum Gasteiger partial charge on any atom is -0.462 e. The van der Waals surface area contributed by atoms with Gasteiger partial charge in [-0.2, -0.15) is 0 Å². The number of ether oxygens (including phenoxy) is 1. The molecule has 0 saturated carbocycles. The molecule has 6 nitrogen and oxygen atoms in total. The second-order valence-electron chi connectivity index (χ2n) is 19.4. The van der Waals surface area contributed by atoms with E-state index in [0.717, 1.165) is 109 Å². The zero-order valence-corrected chi connectivity index (χ0v) is 44.7. The highest BCUT2D eigenvalue weighted by Crippen LogP contribution is 2.18. The number of aliphatic hydroxyl groups excluding tert-OH is 2. The van der Waals surface area contributed by atoms with E-state index in [2.05, 4.69) is 92.9 Å². The normalized spacial score (nSPS) is 13.8. The standard InChI is InChI=1S/C62H109NO5/c1-4-7-10-13-16-19-22-25-28-30-33-35-38-41-44-47-50-53-58(68-62(67)55-52-49-46-43-40-37-32-27-24-21-18-15-12-9-6-3)56-61(66)63-59(57-64)60(65)54-51-48-45-42-39-36-34-31-29-26-23-20-17-14-11-8-5-2/h9,12,15-16,18-19,21,24-25,27-28,32-33,35,58-60,64-65H,4-8,10-11,13-14,17,20,22-23,26,29-31,34,36-57H2,1-3H3,(H,63,66)/b12-9+,18-15+,19-16-,24-21+,28-25-,32-27-,35-33-. The Bertz CT molecular complexity index is 1290. The number of unbranched alkanes of at least 4 members (excludes halogenated alkanes) is 28. The summed E-state index contributed by atoms with van der Waals surface area (Å²) in [6.07, 6.45) is 72.1. The molecule has 0 aromatic heterocycles. The van der Waals surface area contributed by atoms with Gasteiger partial charge >= 0.3 is 5.97 Å². The highest BCUT2D eigenvalue weighted by atomic mass is 16.5. The van der Waals surface area contributed by atoms with E-state index < -0.39 is 18.2 Å². The number of hydrogen-bond donors (Lipinski definition) is 3. The smallest absolute Gasteiger partial charge is 0.306 e. The molecule has 0 bridgehead atoms. The number of aliphatic hydroxyl groups is 2. The highest BCUT2D eigenvalue weighted by molar-refractivity contribution is 5.77. The van der Waals surface area contributed by atoms with E-state index in [1.165, 1.54) is 116 Å². The molecule has 0 aromatic rings. The predicted octanol–water partition coefficient (Wildman–Crippen LogP) is 17.9. The fourth-order valence-electron chi connectivity index (χ4n) is 8.45. The zero-order chi connectivity index (χ0) is 49.5. The van der Waals surface area contributed by atoms with E-state index in [1.807, 2.05) is 18.2 Å². The lowest BCUT2D eigenvalue weighted by molar-refractivity contribution is -0.151. The number of amides is 1. The van der Waals surface area contributed by atoms with Crippen molar-refractivity contribution in [1.82, 2.24) is 5.32 Å². The molecule has 6 heteroatoms. The molecular weight excluding hydrogens is 839 g/mol. The van der Waals surface area contributed by atoms with E-state index in [0.29, 0.717) is 19.3 Å². The Hall–Kier alpha value is -2.96. The second-order valence-corrected chi connectivity index (χ2v) is 19.4. The third kappa shape index (κ3) is 49.5. The number of esters is 1. The maximum atomic E-state index is 13.3. The van der Waals surface area contributed by atoms with Crippen LogP contribution in [0.1, 0.15) is 271 Å². The van der Waals surface area contributed by atoms with Crippen molar-refractivity contribution in [3.63, 3.8) is 0 Å². The van der Waals surface area contributed by atoms with Crippen LogP contribution in [0.3, 0.4) is 0 Å². The van der Waals surface area contributed by atoms with Crippen LogP contribution in [0.15, 0.2) is 85.1 Å². The van der Waals surface area contributed by atoms with Gasteiger partial charge < -0.3 is 20.3 Å². The van der Waals surface area contributed by atoms with E-state index in [4.69, 9.17) is 4.74 Å². The van der Waals surface area contributed by atoms with Gasteiger partial charge in [-0.3, -0.25) is 9.59 Å². The van der Waals surface area contributed by atoms with Gasteiger partial charge in [-0.05, 0) is 83.5 Å². The van der Waals surface area contributed by atoms with Crippen molar-refractivity contribution < 1.29 is 24.5 Å². The van der Waals surface area contributed by atoms with Crippen LogP contribution in [0.5, 0.6) is 0 Å². The topological polar surface area (TPSA) is 95.9 Å². The van der Waals surface area contributed by atoms with Crippen LogP contribution in [0.25, 0.3) is 0 Å². The average molecular weight is 949 g/mol. The molecule has 0 fully saturated rings. The summed E-state index contributed by atoms with van der Waals surface area (Å²) in [7, 11) is 0. The molecule has 0 saturated heterocycles. The van der Waals surface area contributed by atoms with Crippen molar-refractivity contribution in [2.45, 2.75) is 289 Å². The highest BCUT2D eigenvalue weighted by Gasteiger charge is 2.24. The van der Waals surface area contributed by atoms with Crippen LogP contribution in [-0.4, -0.2) is 46.9 Å². The Morgan fingerprint density at radius 2 is 0.853 bits per heavy atom. The van der Waals surface area contributed by atoms with Crippen LogP contribution in [0, 0.1) is 0 Å². The van der Waals surface area contributed by atoms with Crippen LogP contribution in [-0.2, 0) is 14.3 Å². The van der Waals surface area contributed by atoms with Crippen molar-refractivity contribution in [3.8, 4) is 0 Å². The molecule has 1 amide bonds. The third-order valence-electron chi connectivity index (χ3n) is 12.8. The van der Waals surface area contributed by atoms with E-state index in [1.54, 1.807) is 0 Å². The molecule has 0 spiro atoms. The lowest BCUT2D eigenvalue weighted by atomic mass is 10.0. The average Bonchev–Trinajstić information content (AvgIpc) is 3.33. The van der Waals surface area contributed by atoms with Crippen LogP contribution in [0.2, 0.25) is 0 Å². The molecule has 68 heavy (non-hydrogen) atoms. The first kappa shape index (κ1) is 65.0. The Morgan fingerprint density at radius 1 is 0.456 bits per heavy atom. The summed E-state index contributed by atoms with van der Waals surface area (Å²) in [5, 5.41) is 23.9. The fourth-order valence-corrected chi connectivity index (χ4v) is 8.45. The van der Waals surface area contributed by atoms with Gasteiger partial charge in [-0.15, -0.1) is 0 Å². The van der Waals surface area contributed by atoms with Gasteiger partial charge in [0.05, 0.1) is 25.2 Å². The van der Waals surface area contributed by atoms with Gasteiger partial charge in [0.1, 0.15) is 6.10 Å². The molecule has 0 aromatic carbocycles. The summed E-state index contributed by atoms with van der Waals surface area (Å²) in [6, 6.07) is -0.720. The molecule has 0 rings (SSSR count). The zero-order valence-electron chi connectivity index (χ0n) is 44.7. The first-order valence-electron chi connectivity index (χ1n) is 28.9. The lowest BCUT2D eigenvalue weighted by Gasteiger charge is -2.24. The van der Waals surface area contributed by atoms with Crippen LogP contribution in [0.4, 0.5) is 0 Å². The number of allylic oxidation sites excluding steroid dienone is 14. The van der Waals surface area contributed by atoms with Gasteiger partial charge in [0.25, 0.3) is 0 Å². The largest absolute Gasteiger partial charge is 0.462 e. The minimum absolute atomic E-state index is 0.0495. The van der Waals surface area contributed by atoms with Gasteiger partial charge in [0, 0.05) is 6.42 Å².